The van der Waals surface area contributed by atoms with Crippen molar-refractivity contribution in [1.82, 2.24) is 15.5 Å². The summed E-state index contributed by atoms with van der Waals surface area (Å²) in [5, 5.41) is 7.38. The fourth-order valence-corrected chi connectivity index (χ4v) is 2.84. The number of aromatic nitrogens is 2. The van der Waals surface area contributed by atoms with Gasteiger partial charge in [0.2, 0.25) is 5.89 Å². The summed E-state index contributed by atoms with van der Waals surface area (Å²) in [6.07, 6.45) is 2.15. The lowest BCUT2D eigenvalue weighted by atomic mass is 10.1. The van der Waals surface area contributed by atoms with Gasteiger partial charge in [-0.2, -0.15) is 16.7 Å². The second-order valence-corrected chi connectivity index (χ2v) is 6.11. The van der Waals surface area contributed by atoms with Gasteiger partial charge in [0.1, 0.15) is 0 Å². The van der Waals surface area contributed by atoms with E-state index in [1.807, 2.05) is 11.8 Å². The van der Waals surface area contributed by atoms with Gasteiger partial charge in [0.15, 0.2) is 5.82 Å². The molecule has 0 radical (unpaired) electrons. The van der Waals surface area contributed by atoms with Gasteiger partial charge >= 0.3 is 0 Å². The second-order valence-electron chi connectivity index (χ2n) is 5.08. The van der Waals surface area contributed by atoms with E-state index in [0.717, 1.165) is 48.6 Å². The van der Waals surface area contributed by atoms with Gasteiger partial charge in [0.25, 0.3) is 0 Å². The highest BCUT2D eigenvalue weighted by atomic mass is 32.2. The van der Waals surface area contributed by atoms with Crippen LogP contribution in [-0.4, -0.2) is 29.0 Å². The van der Waals surface area contributed by atoms with E-state index in [1.54, 1.807) is 0 Å². The molecule has 2 rings (SSSR count). The van der Waals surface area contributed by atoms with Crippen molar-refractivity contribution in [1.29, 1.82) is 0 Å². The lowest BCUT2D eigenvalue weighted by molar-refractivity contribution is 0.354. The van der Waals surface area contributed by atoms with Crippen LogP contribution in [-0.2, 0) is 12.2 Å². The predicted octanol–water partition coefficient (Wildman–Crippen LogP) is 2.11. The van der Waals surface area contributed by atoms with E-state index >= 15 is 0 Å². The Morgan fingerprint density at radius 3 is 3.12 bits per heavy atom. The fourth-order valence-electron chi connectivity index (χ4n) is 1.95. The molecule has 0 aliphatic carbocycles. The van der Waals surface area contributed by atoms with Crippen molar-refractivity contribution >= 4 is 11.8 Å². The van der Waals surface area contributed by atoms with Gasteiger partial charge in [-0.3, -0.25) is 0 Å². The van der Waals surface area contributed by atoms with Crippen molar-refractivity contribution < 1.29 is 4.52 Å². The molecule has 5 heteroatoms. The molecule has 1 atom stereocenters. The smallest absolute Gasteiger partial charge is 0.226 e. The topological polar surface area (TPSA) is 51.0 Å². The normalized spacial score (nSPS) is 20.3. The van der Waals surface area contributed by atoms with Gasteiger partial charge in [-0.15, -0.1) is 0 Å². The van der Waals surface area contributed by atoms with Crippen molar-refractivity contribution in [2.45, 2.75) is 32.4 Å². The molecule has 4 nitrogen and oxygen atoms in total. The Labute approximate surface area is 107 Å². The summed E-state index contributed by atoms with van der Waals surface area (Å²) in [5.74, 6) is 5.05. The minimum atomic E-state index is 0.673. The van der Waals surface area contributed by atoms with E-state index in [-0.39, 0.29) is 0 Å². The zero-order chi connectivity index (χ0) is 12.1. The largest absolute Gasteiger partial charge is 0.339 e. The molecule has 1 saturated heterocycles. The maximum atomic E-state index is 5.28. The number of thioether (sulfide) groups is 1. The number of nitrogens with zero attached hydrogens (tertiary/aromatic N) is 2. The summed E-state index contributed by atoms with van der Waals surface area (Å²) in [5.41, 5.74) is 0. The minimum absolute atomic E-state index is 0.673. The van der Waals surface area contributed by atoms with Crippen molar-refractivity contribution in [3.05, 3.63) is 11.7 Å². The van der Waals surface area contributed by atoms with Crippen molar-refractivity contribution in [2.24, 2.45) is 11.8 Å². The average Bonchev–Trinajstić information content (AvgIpc) is 2.90. The molecule has 1 unspecified atom stereocenters. The third-order valence-electron chi connectivity index (χ3n) is 2.82. The van der Waals surface area contributed by atoms with Gasteiger partial charge in [-0.25, -0.2) is 0 Å². The number of hydrogen-bond donors (Lipinski definition) is 1. The highest BCUT2D eigenvalue weighted by molar-refractivity contribution is 7.98. The molecule has 96 valence electrons. The summed E-state index contributed by atoms with van der Waals surface area (Å²) >= 11 is 1.87. The molecule has 1 aromatic rings. The highest BCUT2D eigenvalue weighted by Gasteiger charge is 2.18. The lowest BCUT2D eigenvalue weighted by Gasteiger charge is -2.02. The first-order valence-corrected chi connectivity index (χ1v) is 7.49. The van der Waals surface area contributed by atoms with Crippen LogP contribution in [0.4, 0.5) is 0 Å². The molecular formula is C12H21N3OS. The van der Waals surface area contributed by atoms with Crippen LogP contribution < -0.4 is 5.32 Å². The van der Waals surface area contributed by atoms with Crippen molar-refractivity contribution in [3.8, 4) is 0 Å². The summed E-state index contributed by atoms with van der Waals surface area (Å²) < 4.78 is 5.28. The van der Waals surface area contributed by atoms with Crippen molar-refractivity contribution in [3.63, 3.8) is 0 Å². The van der Waals surface area contributed by atoms with Crippen LogP contribution in [0.1, 0.15) is 32.0 Å². The molecular weight excluding hydrogens is 234 g/mol. The zero-order valence-corrected chi connectivity index (χ0v) is 11.4. The summed E-state index contributed by atoms with van der Waals surface area (Å²) in [7, 11) is 0. The molecule has 1 fully saturated rings. The van der Waals surface area contributed by atoms with Crippen LogP contribution in [0.3, 0.4) is 0 Å². The first-order valence-electron chi connectivity index (χ1n) is 6.34. The molecule has 1 aliphatic heterocycles. The minimum Gasteiger partial charge on any atom is -0.339 e. The molecule has 0 aromatic carbocycles. The number of rotatable bonds is 6. The van der Waals surface area contributed by atoms with E-state index in [9.17, 15) is 0 Å². The quantitative estimate of drug-likeness (QED) is 0.843. The Hall–Kier alpha value is -0.550. The van der Waals surface area contributed by atoms with Crippen LogP contribution >= 0.6 is 11.8 Å². The molecule has 1 aromatic heterocycles. The Balaban J connectivity index is 1.75. The van der Waals surface area contributed by atoms with Crippen molar-refractivity contribution in [2.75, 3.05) is 18.8 Å². The number of hydrogen-bond acceptors (Lipinski definition) is 5. The number of nitrogens with one attached hydrogen (secondary N) is 1. The third kappa shape index (κ3) is 4.32. The van der Waals surface area contributed by atoms with E-state index in [4.69, 9.17) is 4.52 Å². The van der Waals surface area contributed by atoms with Gasteiger partial charge in [0.05, 0.1) is 5.75 Å². The first kappa shape index (κ1) is 12.9. The molecule has 17 heavy (non-hydrogen) atoms. The van der Waals surface area contributed by atoms with Crippen LogP contribution in [0.15, 0.2) is 4.52 Å². The molecule has 0 amide bonds. The molecule has 1 N–H and O–H groups in total. The highest BCUT2D eigenvalue weighted by Crippen LogP contribution is 2.16. The molecule has 0 bridgehead atoms. The summed E-state index contributed by atoms with van der Waals surface area (Å²) in [6, 6.07) is 0. The second kappa shape index (κ2) is 6.40. The van der Waals surface area contributed by atoms with Gasteiger partial charge in [0, 0.05) is 6.42 Å². The van der Waals surface area contributed by atoms with Crippen LogP contribution in [0.5, 0.6) is 0 Å². The van der Waals surface area contributed by atoms with Crippen LogP contribution in [0.25, 0.3) is 0 Å². The monoisotopic (exact) mass is 255 g/mol. The van der Waals surface area contributed by atoms with E-state index < -0.39 is 0 Å². The molecule has 1 aliphatic rings. The van der Waals surface area contributed by atoms with Gasteiger partial charge < -0.3 is 9.84 Å². The standard InChI is InChI=1S/C12H21N3OS/c1-9(2)7-17-8-11-14-12(16-15-11)5-10-3-4-13-6-10/h9-10,13H,3-8H2,1-2H3. The lowest BCUT2D eigenvalue weighted by Crippen LogP contribution is -2.10. The fraction of sp³-hybridized carbons (Fsp3) is 0.833. The summed E-state index contributed by atoms with van der Waals surface area (Å²) in [4.78, 5) is 4.44. The van der Waals surface area contributed by atoms with Gasteiger partial charge in [-0.1, -0.05) is 19.0 Å². The van der Waals surface area contributed by atoms with E-state index in [1.165, 1.54) is 6.42 Å². The Morgan fingerprint density at radius 2 is 2.41 bits per heavy atom. The molecule has 2 heterocycles. The van der Waals surface area contributed by atoms with E-state index in [2.05, 4.69) is 29.3 Å². The SMILES string of the molecule is CC(C)CSCc1noc(CC2CCNC2)n1. The maximum Gasteiger partial charge on any atom is 0.226 e. The summed E-state index contributed by atoms with van der Waals surface area (Å²) in [6.45, 7) is 6.65. The molecule has 0 saturated carbocycles. The Morgan fingerprint density at radius 1 is 1.53 bits per heavy atom. The Kier molecular flexibility index (Phi) is 4.86. The maximum absolute atomic E-state index is 5.28. The first-order chi connectivity index (χ1) is 8.24. The predicted molar refractivity (Wildman–Crippen MR) is 70.0 cm³/mol. The van der Waals surface area contributed by atoms with Gasteiger partial charge in [-0.05, 0) is 37.1 Å². The molecule has 0 spiro atoms. The van der Waals surface area contributed by atoms with Crippen LogP contribution in [0.2, 0.25) is 0 Å². The average molecular weight is 255 g/mol. The van der Waals surface area contributed by atoms with Crippen LogP contribution in [0, 0.1) is 11.8 Å². The zero-order valence-electron chi connectivity index (χ0n) is 10.6. The van der Waals surface area contributed by atoms with E-state index in [0.29, 0.717) is 5.92 Å². The Bertz CT molecular complexity index is 334. The third-order valence-corrected chi connectivity index (χ3v) is 4.18.